The van der Waals surface area contributed by atoms with Crippen molar-refractivity contribution in [3.8, 4) is 6.01 Å². The lowest BCUT2D eigenvalue weighted by Crippen LogP contribution is -2.57. The summed E-state index contributed by atoms with van der Waals surface area (Å²) in [7, 11) is 0. The van der Waals surface area contributed by atoms with Gasteiger partial charge in [0.05, 0.1) is 18.2 Å². The molecule has 0 bridgehead atoms. The maximum Gasteiger partial charge on any atom is 0.416 e. The molecule has 2 aliphatic rings. The first-order valence-corrected chi connectivity index (χ1v) is 9.86. The summed E-state index contributed by atoms with van der Waals surface area (Å²) in [5.74, 6) is -0.287. The Bertz CT molecular complexity index is 986. The third-order valence-electron chi connectivity index (χ3n) is 5.61. The van der Waals surface area contributed by atoms with Crippen LogP contribution in [0, 0.1) is 10.1 Å². The van der Waals surface area contributed by atoms with Crippen LogP contribution in [0.25, 0.3) is 0 Å². The summed E-state index contributed by atoms with van der Waals surface area (Å²) in [5, 5.41) is 20.3. The number of imidazole rings is 1. The molecule has 1 N–H and O–H groups in total. The molecule has 10 nitrogen and oxygen atoms in total. The highest BCUT2D eigenvalue weighted by atomic mass is 19.4. The fraction of sp³-hybridized carbons (Fsp3) is 0.474. The van der Waals surface area contributed by atoms with Gasteiger partial charge >= 0.3 is 24.1 Å². The lowest BCUT2D eigenvalue weighted by Gasteiger charge is -2.40. The Kier molecular flexibility index (Phi) is 5.67. The number of hydrogen-bond acceptors (Lipinski definition) is 6. The minimum absolute atomic E-state index is 0.173. The standard InChI is InChI=1S/C19H20F3N5O5/c20-19(21,22)13-3-1-12(2-4-13)7-14-8-24(5-6-26(14)18(28)29)9-15-10-25-11-16(27(30)31)23-17(25)32-15/h1-4,11,14-15H,5-10H2,(H,28,29). The smallest absolute Gasteiger partial charge is 0.416 e. The van der Waals surface area contributed by atoms with E-state index in [2.05, 4.69) is 4.98 Å². The Hall–Kier alpha value is -3.35. The van der Waals surface area contributed by atoms with Gasteiger partial charge in [-0.05, 0) is 29.0 Å². The van der Waals surface area contributed by atoms with Gasteiger partial charge in [0.25, 0.3) is 0 Å². The first-order chi connectivity index (χ1) is 15.1. The number of nitrogens with zero attached hydrogens (tertiary/aromatic N) is 5. The van der Waals surface area contributed by atoms with Crippen LogP contribution >= 0.6 is 0 Å². The molecule has 2 aliphatic heterocycles. The van der Waals surface area contributed by atoms with Crippen LogP contribution in [0.3, 0.4) is 0 Å². The molecule has 1 aromatic carbocycles. The molecule has 13 heteroatoms. The van der Waals surface area contributed by atoms with Crippen molar-refractivity contribution in [3.05, 3.63) is 51.7 Å². The fourth-order valence-corrected chi connectivity index (χ4v) is 4.10. The second-order valence-corrected chi connectivity index (χ2v) is 7.82. The average Bonchev–Trinajstić information content (AvgIpc) is 3.26. The number of ether oxygens (including phenoxy) is 1. The van der Waals surface area contributed by atoms with E-state index >= 15 is 0 Å². The zero-order valence-electron chi connectivity index (χ0n) is 16.7. The molecule has 0 saturated carbocycles. The van der Waals surface area contributed by atoms with Crippen LogP contribution in [0.1, 0.15) is 11.1 Å². The van der Waals surface area contributed by atoms with E-state index in [0.29, 0.717) is 31.7 Å². The lowest BCUT2D eigenvalue weighted by atomic mass is 10.0. The van der Waals surface area contributed by atoms with Gasteiger partial charge in [-0.15, -0.1) is 0 Å². The van der Waals surface area contributed by atoms with E-state index in [9.17, 15) is 33.2 Å². The molecule has 2 aromatic rings. The number of benzene rings is 1. The number of amides is 1. The molecule has 1 aromatic heterocycles. The van der Waals surface area contributed by atoms with Crippen molar-refractivity contribution < 1.29 is 32.7 Å². The van der Waals surface area contributed by atoms with Gasteiger partial charge in [-0.1, -0.05) is 12.1 Å². The second kappa shape index (κ2) is 8.30. The summed E-state index contributed by atoms with van der Waals surface area (Å²) in [6.07, 6.45) is -4.21. The zero-order chi connectivity index (χ0) is 23.0. The summed E-state index contributed by atoms with van der Waals surface area (Å²) in [5.41, 5.74) is -0.140. The van der Waals surface area contributed by atoms with Crippen LogP contribution in [-0.2, 0) is 19.1 Å². The van der Waals surface area contributed by atoms with E-state index in [-0.39, 0.29) is 30.9 Å². The molecular weight excluding hydrogens is 435 g/mol. The predicted octanol–water partition coefficient (Wildman–Crippen LogP) is 2.48. The summed E-state index contributed by atoms with van der Waals surface area (Å²) in [4.78, 5) is 29.0. The topological polar surface area (TPSA) is 114 Å². The van der Waals surface area contributed by atoms with Crippen molar-refractivity contribution in [3.63, 3.8) is 0 Å². The summed E-state index contributed by atoms with van der Waals surface area (Å²) in [6, 6.07) is 4.47. The Morgan fingerprint density at radius 1 is 1.25 bits per heavy atom. The van der Waals surface area contributed by atoms with Crippen LogP contribution in [0.15, 0.2) is 30.5 Å². The van der Waals surface area contributed by atoms with Gasteiger partial charge in [-0.25, -0.2) is 4.79 Å². The molecule has 0 aliphatic carbocycles. The number of halogens is 3. The van der Waals surface area contributed by atoms with Crippen molar-refractivity contribution in [2.75, 3.05) is 26.2 Å². The van der Waals surface area contributed by atoms with Crippen molar-refractivity contribution >= 4 is 11.9 Å². The molecule has 0 spiro atoms. The Morgan fingerprint density at radius 3 is 2.56 bits per heavy atom. The van der Waals surface area contributed by atoms with E-state index in [1.54, 1.807) is 4.57 Å². The average molecular weight is 455 g/mol. The van der Waals surface area contributed by atoms with Crippen LogP contribution in [0.2, 0.25) is 0 Å². The van der Waals surface area contributed by atoms with Crippen LogP contribution in [0.5, 0.6) is 6.01 Å². The van der Waals surface area contributed by atoms with Crippen LogP contribution in [0.4, 0.5) is 23.8 Å². The normalized spacial score (nSPS) is 21.3. The SMILES string of the molecule is O=C(O)N1CCN(CC2Cn3cc([N+](=O)[O-])nc3O2)CC1Cc1ccc(C(F)(F)F)cc1. The molecule has 1 amide bonds. The maximum absolute atomic E-state index is 12.8. The summed E-state index contributed by atoms with van der Waals surface area (Å²) >= 11 is 0. The van der Waals surface area contributed by atoms with Crippen LogP contribution < -0.4 is 4.74 Å². The van der Waals surface area contributed by atoms with Gasteiger partial charge in [0, 0.05) is 31.2 Å². The van der Waals surface area contributed by atoms with Crippen molar-refractivity contribution in [2.24, 2.45) is 0 Å². The highest BCUT2D eigenvalue weighted by Crippen LogP contribution is 2.30. The number of hydrogen-bond donors (Lipinski definition) is 1. The van der Waals surface area contributed by atoms with Gasteiger partial charge in [0.15, 0.2) is 0 Å². The van der Waals surface area contributed by atoms with E-state index in [1.165, 1.54) is 23.2 Å². The van der Waals surface area contributed by atoms with Gasteiger partial charge in [0.2, 0.25) is 0 Å². The third-order valence-corrected chi connectivity index (χ3v) is 5.61. The number of carboxylic acid groups (broad SMARTS) is 1. The molecule has 32 heavy (non-hydrogen) atoms. The highest BCUT2D eigenvalue weighted by Gasteiger charge is 2.36. The second-order valence-electron chi connectivity index (χ2n) is 7.82. The molecule has 1 fully saturated rings. The van der Waals surface area contributed by atoms with E-state index in [0.717, 1.165) is 12.1 Å². The first kappa shape index (κ1) is 21.9. The largest absolute Gasteiger partial charge is 0.465 e. The number of carbonyl (C=O) groups is 1. The minimum atomic E-state index is -4.43. The minimum Gasteiger partial charge on any atom is -0.465 e. The van der Waals surface area contributed by atoms with Crippen molar-refractivity contribution in [1.29, 1.82) is 0 Å². The molecule has 2 unspecified atom stereocenters. The lowest BCUT2D eigenvalue weighted by molar-refractivity contribution is -0.389. The molecular formula is C19H20F3N5O5. The summed E-state index contributed by atoms with van der Waals surface area (Å²) in [6.45, 7) is 1.96. The first-order valence-electron chi connectivity index (χ1n) is 9.86. The molecule has 2 atom stereocenters. The number of piperazine rings is 1. The number of alkyl halides is 3. The number of nitro groups is 1. The van der Waals surface area contributed by atoms with Crippen LogP contribution in [-0.4, -0.2) is 73.8 Å². The molecule has 3 heterocycles. The Labute approximate surface area is 180 Å². The monoisotopic (exact) mass is 455 g/mol. The number of rotatable bonds is 5. The third kappa shape index (κ3) is 4.61. The van der Waals surface area contributed by atoms with E-state index < -0.39 is 28.8 Å². The Morgan fingerprint density at radius 2 is 1.97 bits per heavy atom. The van der Waals surface area contributed by atoms with Crippen molar-refractivity contribution in [1.82, 2.24) is 19.4 Å². The van der Waals surface area contributed by atoms with E-state index in [1.807, 2.05) is 4.90 Å². The Balaban J connectivity index is 1.39. The van der Waals surface area contributed by atoms with Gasteiger partial charge in [0.1, 0.15) is 12.3 Å². The zero-order valence-corrected chi connectivity index (χ0v) is 16.7. The molecule has 4 rings (SSSR count). The fourth-order valence-electron chi connectivity index (χ4n) is 4.10. The van der Waals surface area contributed by atoms with Gasteiger partial charge in [-0.2, -0.15) is 13.2 Å². The molecule has 0 radical (unpaired) electrons. The molecule has 1 saturated heterocycles. The van der Waals surface area contributed by atoms with Gasteiger partial charge in [-0.3, -0.25) is 9.47 Å². The quantitative estimate of drug-likeness (QED) is 0.544. The summed E-state index contributed by atoms with van der Waals surface area (Å²) < 4.78 is 45.6. The maximum atomic E-state index is 12.8. The number of fused-ring (bicyclic) bond motifs is 1. The van der Waals surface area contributed by atoms with Crippen molar-refractivity contribution in [2.45, 2.75) is 31.3 Å². The van der Waals surface area contributed by atoms with E-state index in [4.69, 9.17) is 4.74 Å². The van der Waals surface area contributed by atoms with Gasteiger partial charge < -0.3 is 24.9 Å². The predicted molar refractivity (Wildman–Crippen MR) is 103 cm³/mol. The molecule has 172 valence electrons. The highest BCUT2D eigenvalue weighted by molar-refractivity contribution is 5.65. The number of aromatic nitrogens is 2.